The highest BCUT2D eigenvalue weighted by Gasteiger charge is 2.11. The van der Waals surface area contributed by atoms with E-state index in [4.69, 9.17) is 11.1 Å². The van der Waals surface area contributed by atoms with Gasteiger partial charge in [-0.3, -0.25) is 0 Å². The summed E-state index contributed by atoms with van der Waals surface area (Å²) >= 11 is 0. The van der Waals surface area contributed by atoms with Crippen LogP contribution in [-0.2, 0) is 0 Å². The van der Waals surface area contributed by atoms with Gasteiger partial charge in [-0.05, 0) is 18.6 Å². The molecule has 0 fully saturated rings. The molecule has 1 rings (SSSR count). The number of hydrogen-bond donors (Lipinski definition) is 2. The zero-order chi connectivity index (χ0) is 10.4. The summed E-state index contributed by atoms with van der Waals surface area (Å²) in [5, 5.41) is 7.82. The monoisotopic (exact) mass is 188 g/mol. The van der Waals surface area contributed by atoms with E-state index >= 15 is 0 Å². The van der Waals surface area contributed by atoms with Gasteiger partial charge in [-0.15, -0.1) is 0 Å². The summed E-state index contributed by atoms with van der Waals surface area (Å²) in [6.07, 6.45) is 3.67. The van der Waals surface area contributed by atoms with Crippen molar-refractivity contribution in [3.8, 4) is 0 Å². The Morgan fingerprint density at radius 2 is 2.07 bits per heavy atom. The van der Waals surface area contributed by atoms with E-state index in [0.29, 0.717) is 12.3 Å². The highest BCUT2D eigenvalue weighted by Crippen LogP contribution is 2.15. The first-order valence-electron chi connectivity index (χ1n) is 4.75. The van der Waals surface area contributed by atoms with Gasteiger partial charge in [-0.2, -0.15) is 0 Å². The predicted octanol–water partition coefficient (Wildman–Crippen LogP) is 2.32. The van der Waals surface area contributed by atoms with Gasteiger partial charge in [0.15, 0.2) is 0 Å². The summed E-state index contributed by atoms with van der Waals surface area (Å²) in [6.45, 7) is 2.39. The number of nitrogens with one attached hydrogen (secondary N) is 1. The summed E-state index contributed by atoms with van der Waals surface area (Å²) in [6, 6.07) is 9.93. The summed E-state index contributed by atoms with van der Waals surface area (Å²) in [7, 11) is 0. The van der Waals surface area contributed by atoms with Gasteiger partial charge in [0.2, 0.25) is 0 Å². The van der Waals surface area contributed by atoms with Crippen molar-refractivity contribution in [2.24, 2.45) is 5.73 Å². The molecular weight excluding hydrogens is 172 g/mol. The molecule has 1 unspecified atom stereocenters. The van der Waals surface area contributed by atoms with Crippen molar-refractivity contribution in [1.29, 1.82) is 5.41 Å². The molecular formula is C12H16N2. The largest absolute Gasteiger partial charge is 0.329 e. The van der Waals surface area contributed by atoms with Crippen molar-refractivity contribution in [2.75, 3.05) is 6.54 Å². The third kappa shape index (κ3) is 2.54. The molecule has 0 aliphatic heterocycles. The zero-order valence-corrected chi connectivity index (χ0v) is 8.40. The number of benzene rings is 1. The molecule has 1 aromatic carbocycles. The average Bonchev–Trinajstić information content (AvgIpc) is 2.21. The van der Waals surface area contributed by atoms with E-state index in [0.717, 1.165) is 5.56 Å². The molecule has 1 aromatic rings. The Labute approximate surface area is 85.0 Å². The van der Waals surface area contributed by atoms with E-state index in [-0.39, 0.29) is 5.92 Å². The second kappa shape index (κ2) is 5.35. The van der Waals surface area contributed by atoms with Gasteiger partial charge in [0.1, 0.15) is 0 Å². The van der Waals surface area contributed by atoms with E-state index in [1.165, 1.54) is 0 Å². The minimum absolute atomic E-state index is 0.0207. The fraction of sp³-hybridized carbons (Fsp3) is 0.250. The minimum atomic E-state index is 0.0207. The predicted molar refractivity (Wildman–Crippen MR) is 60.8 cm³/mol. The molecule has 0 amide bonds. The Balaban J connectivity index is 2.88. The first-order valence-corrected chi connectivity index (χ1v) is 4.75. The molecule has 3 N–H and O–H groups in total. The van der Waals surface area contributed by atoms with Crippen LogP contribution < -0.4 is 5.73 Å². The molecule has 0 heterocycles. The van der Waals surface area contributed by atoms with Gasteiger partial charge in [0.25, 0.3) is 0 Å². The van der Waals surface area contributed by atoms with Crippen LogP contribution in [0, 0.1) is 5.41 Å². The molecule has 0 spiro atoms. The summed E-state index contributed by atoms with van der Waals surface area (Å²) in [4.78, 5) is 0. The molecule has 0 aromatic heterocycles. The maximum Gasteiger partial charge on any atom is 0.0398 e. The molecule has 74 valence electrons. The van der Waals surface area contributed by atoms with Crippen LogP contribution in [0.4, 0.5) is 0 Å². The molecule has 0 bridgehead atoms. The third-order valence-corrected chi connectivity index (χ3v) is 2.16. The van der Waals surface area contributed by atoms with Gasteiger partial charge < -0.3 is 11.1 Å². The quantitative estimate of drug-likeness (QED) is 0.700. The Morgan fingerprint density at radius 1 is 1.43 bits per heavy atom. The van der Waals surface area contributed by atoms with Gasteiger partial charge in [-0.25, -0.2) is 0 Å². The van der Waals surface area contributed by atoms with Crippen LogP contribution in [0.25, 0.3) is 0 Å². The van der Waals surface area contributed by atoms with Crippen LogP contribution in [0.15, 0.2) is 42.5 Å². The lowest BCUT2D eigenvalue weighted by atomic mass is 9.94. The van der Waals surface area contributed by atoms with Crippen molar-refractivity contribution < 1.29 is 0 Å². The molecule has 0 radical (unpaired) electrons. The van der Waals surface area contributed by atoms with E-state index < -0.39 is 0 Å². The van der Waals surface area contributed by atoms with Crippen LogP contribution in [0.3, 0.4) is 0 Å². The first-order chi connectivity index (χ1) is 6.79. The minimum Gasteiger partial charge on any atom is -0.329 e. The van der Waals surface area contributed by atoms with Crippen LogP contribution in [-0.4, -0.2) is 12.3 Å². The number of nitrogens with two attached hydrogens (primary N) is 1. The highest BCUT2D eigenvalue weighted by molar-refractivity contribution is 5.97. The van der Waals surface area contributed by atoms with Crippen molar-refractivity contribution in [1.82, 2.24) is 0 Å². The first kappa shape index (κ1) is 10.7. The average molecular weight is 188 g/mol. The van der Waals surface area contributed by atoms with Gasteiger partial charge in [-0.1, -0.05) is 36.4 Å². The van der Waals surface area contributed by atoms with Crippen LogP contribution in [0.2, 0.25) is 0 Å². The van der Waals surface area contributed by atoms with Gasteiger partial charge >= 0.3 is 0 Å². The normalized spacial score (nSPS) is 13.0. The third-order valence-electron chi connectivity index (χ3n) is 2.16. The smallest absolute Gasteiger partial charge is 0.0398 e. The molecule has 0 saturated heterocycles. The highest BCUT2D eigenvalue weighted by atomic mass is 14.6. The Bertz CT molecular complexity index is 314. The molecule has 0 aliphatic carbocycles. The summed E-state index contributed by atoms with van der Waals surface area (Å²) < 4.78 is 0. The molecule has 1 atom stereocenters. The lowest BCUT2D eigenvalue weighted by molar-refractivity contribution is 0.886. The Morgan fingerprint density at radius 3 is 2.57 bits per heavy atom. The zero-order valence-electron chi connectivity index (χ0n) is 8.40. The Hall–Kier alpha value is -1.41. The van der Waals surface area contributed by atoms with Crippen LogP contribution >= 0.6 is 0 Å². The van der Waals surface area contributed by atoms with Crippen molar-refractivity contribution >= 4 is 5.71 Å². The van der Waals surface area contributed by atoms with E-state index in [1.807, 2.05) is 43.3 Å². The topological polar surface area (TPSA) is 49.9 Å². The van der Waals surface area contributed by atoms with Crippen molar-refractivity contribution in [2.45, 2.75) is 12.8 Å². The molecule has 2 heteroatoms. The number of hydrogen-bond acceptors (Lipinski definition) is 2. The maximum atomic E-state index is 7.82. The van der Waals surface area contributed by atoms with E-state index in [9.17, 15) is 0 Å². The number of allylic oxidation sites excluding steroid dienone is 2. The number of rotatable bonds is 4. The van der Waals surface area contributed by atoms with Crippen molar-refractivity contribution in [3.63, 3.8) is 0 Å². The molecule has 0 saturated carbocycles. The SMILES string of the molecule is C/C=C/C(=N)C(CN)c1ccccc1. The van der Waals surface area contributed by atoms with E-state index in [1.54, 1.807) is 6.08 Å². The maximum absolute atomic E-state index is 7.82. The van der Waals surface area contributed by atoms with Crippen LogP contribution in [0.1, 0.15) is 18.4 Å². The van der Waals surface area contributed by atoms with E-state index in [2.05, 4.69) is 0 Å². The van der Waals surface area contributed by atoms with Gasteiger partial charge in [0.05, 0.1) is 0 Å². The van der Waals surface area contributed by atoms with Crippen LogP contribution in [0.5, 0.6) is 0 Å². The Kier molecular flexibility index (Phi) is 4.08. The summed E-state index contributed by atoms with van der Waals surface area (Å²) in [5.74, 6) is 0.0207. The molecule has 0 aliphatic rings. The second-order valence-electron chi connectivity index (χ2n) is 3.15. The van der Waals surface area contributed by atoms with Crippen molar-refractivity contribution in [3.05, 3.63) is 48.0 Å². The lowest BCUT2D eigenvalue weighted by Gasteiger charge is -2.13. The second-order valence-corrected chi connectivity index (χ2v) is 3.15. The lowest BCUT2D eigenvalue weighted by Crippen LogP contribution is -2.19. The standard InChI is InChI=1S/C12H16N2/c1-2-6-12(14)11(9-13)10-7-4-3-5-8-10/h2-8,11,14H,9,13H2,1H3/b6-2+,14-12?. The fourth-order valence-corrected chi connectivity index (χ4v) is 1.42. The van der Waals surface area contributed by atoms with Gasteiger partial charge in [0, 0.05) is 18.2 Å². The molecule has 2 nitrogen and oxygen atoms in total. The summed E-state index contributed by atoms with van der Waals surface area (Å²) in [5.41, 5.74) is 7.34. The molecule has 14 heavy (non-hydrogen) atoms. The fourth-order valence-electron chi connectivity index (χ4n) is 1.42.